The van der Waals surface area contributed by atoms with E-state index in [1.807, 2.05) is 0 Å². The smallest absolute Gasteiger partial charge is 0.161 e. The van der Waals surface area contributed by atoms with E-state index in [1.165, 1.54) is 24.3 Å². The highest BCUT2D eigenvalue weighted by molar-refractivity contribution is 7.91. The molecule has 0 aliphatic heterocycles. The lowest BCUT2D eigenvalue weighted by Crippen LogP contribution is -2.12. The molecule has 0 N–H and O–H groups in total. The first kappa shape index (κ1) is 13.5. The Balaban J connectivity index is 2.30. The van der Waals surface area contributed by atoms with E-state index in [9.17, 15) is 12.8 Å². The standard InChI is InChI=1S/C12H13FO3S/c1-2-9-17(14,15)10-3-8-16-12-6-4-11(13)5-7-12/h1,4-7H,3,8-10H2. The summed E-state index contributed by atoms with van der Waals surface area (Å²) in [4.78, 5) is 0. The minimum atomic E-state index is -3.17. The van der Waals surface area contributed by atoms with Gasteiger partial charge in [-0.1, -0.05) is 5.92 Å². The van der Waals surface area contributed by atoms with Crippen LogP contribution in [0.3, 0.4) is 0 Å². The van der Waals surface area contributed by atoms with Crippen molar-refractivity contribution in [2.24, 2.45) is 0 Å². The van der Waals surface area contributed by atoms with E-state index < -0.39 is 9.84 Å². The van der Waals surface area contributed by atoms with Crippen molar-refractivity contribution in [3.63, 3.8) is 0 Å². The number of rotatable bonds is 6. The van der Waals surface area contributed by atoms with E-state index in [1.54, 1.807) is 0 Å². The first-order valence-electron chi connectivity index (χ1n) is 5.06. The summed E-state index contributed by atoms with van der Waals surface area (Å²) in [5.74, 6) is 2.03. The van der Waals surface area contributed by atoms with Crippen molar-refractivity contribution in [3.05, 3.63) is 30.1 Å². The number of hydrogen-bond acceptors (Lipinski definition) is 3. The van der Waals surface area contributed by atoms with E-state index in [0.717, 1.165) is 0 Å². The van der Waals surface area contributed by atoms with Crippen LogP contribution in [0.5, 0.6) is 5.75 Å². The molecule has 92 valence electrons. The van der Waals surface area contributed by atoms with Crippen LogP contribution in [0.2, 0.25) is 0 Å². The summed E-state index contributed by atoms with van der Waals surface area (Å²) in [7, 11) is -3.17. The van der Waals surface area contributed by atoms with Gasteiger partial charge in [0.05, 0.1) is 12.4 Å². The fraction of sp³-hybridized carbons (Fsp3) is 0.333. The third kappa shape index (κ3) is 5.36. The molecule has 0 aliphatic carbocycles. The summed E-state index contributed by atoms with van der Waals surface area (Å²) < 4.78 is 40.3. The van der Waals surface area contributed by atoms with Gasteiger partial charge < -0.3 is 4.74 Å². The van der Waals surface area contributed by atoms with Crippen molar-refractivity contribution in [2.75, 3.05) is 18.1 Å². The Bertz CT molecular complexity index is 485. The van der Waals surface area contributed by atoms with Gasteiger partial charge in [0.1, 0.15) is 17.3 Å². The van der Waals surface area contributed by atoms with Crippen molar-refractivity contribution in [1.82, 2.24) is 0 Å². The number of hydrogen-bond donors (Lipinski definition) is 0. The Kier molecular flexibility index (Phi) is 4.98. The molecule has 3 nitrogen and oxygen atoms in total. The zero-order chi connectivity index (χ0) is 12.7. The van der Waals surface area contributed by atoms with Crippen LogP contribution in [0.25, 0.3) is 0 Å². The molecule has 0 unspecified atom stereocenters. The highest BCUT2D eigenvalue weighted by Gasteiger charge is 2.08. The minimum Gasteiger partial charge on any atom is -0.494 e. The number of halogens is 1. The first-order valence-corrected chi connectivity index (χ1v) is 6.88. The highest BCUT2D eigenvalue weighted by Crippen LogP contribution is 2.11. The molecule has 1 rings (SSSR count). The first-order chi connectivity index (χ1) is 8.03. The van der Waals surface area contributed by atoms with Crippen LogP contribution < -0.4 is 4.74 Å². The van der Waals surface area contributed by atoms with Gasteiger partial charge in [-0.2, -0.15) is 0 Å². The Hall–Kier alpha value is -1.54. The zero-order valence-corrected chi connectivity index (χ0v) is 10.0. The average Bonchev–Trinajstić information content (AvgIpc) is 2.27. The lowest BCUT2D eigenvalue weighted by molar-refractivity contribution is 0.317. The second-order valence-corrected chi connectivity index (χ2v) is 5.64. The molecule has 0 fully saturated rings. The van der Waals surface area contributed by atoms with Crippen molar-refractivity contribution < 1.29 is 17.5 Å². The molecule has 0 bridgehead atoms. The van der Waals surface area contributed by atoms with E-state index in [2.05, 4.69) is 5.92 Å². The summed E-state index contributed by atoms with van der Waals surface area (Å²) in [6.07, 6.45) is 5.29. The maximum Gasteiger partial charge on any atom is 0.161 e. The Morgan fingerprint density at radius 3 is 2.53 bits per heavy atom. The molecule has 0 spiro atoms. The van der Waals surface area contributed by atoms with Gasteiger partial charge >= 0.3 is 0 Å². The van der Waals surface area contributed by atoms with Gasteiger partial charge in [-0.25, -0.2) is 12.8 Å². The van der Waals surface area contributed by atoms with Crippen LogP contribution in [-0.2, 0) is 9.84 Å². The van der Waals surface area contributed by atoms with Crippen molar-refractivity contribution in [3.8, 4) is 18.1 Å². The molecule has 17 heavy (non-hydrogen) atoms. The van der Waals surface area contributed by atoms with Crippen molar-refractivity contribution >= 4 is 9.84 Å². The second kappa shape index (κ2) is 6.26. The maximum absolute atomic E-state index is 12.6. The lowest BCUT2D eigenvalue weighted by atomic mass is 10.3. The average molecular weight is 256 g/mol. The fourth-order valence-corrected chi connectivity index (χ4v) is 2.15. The molecule has 0 atom stereocenters. The second-order valence-electron chi connectivity index (χ2n) is 3.45. The van der Waals surface area contributed by atoms with E-state index in [0.29, 0.717) is 12.2 Å². The monoisotopic (exact) mass is 256 g/mol. The third-order valence-electron chi connectivity index (χ3n) is 1.99. The summed E-state index contributed by atoms with van der Waals surface area (Å²) in [5, 5.41) is 0. The molecule has 0 saturated carbocycles. The third-order valence-corrected chi connectivity index (χ3v) is 3.50. The summed E-state index contributed by atoms with van der Waals surface area (Å²) in [5.41, 5.74) is 0. The molecule has 0 heterocycles. The zero-order valence-electron chi connectivity index (χ0n) is 9.23. The maximum atomic E-state index is 12.6. The Labute approximate surface area is 101 Å². The van der Waals surface area contributed by atoms with Crippen molar-refractivity contribution in [1.29, 1.82) is 0 Å². The number of terminal acetylenes is 1. The van der Waals surface area contributed by atoms with Crippen LogP contribution in [0.4, 0.5) is 4.39 Å². The summed E-state index contributed by atoms with van der Waals surface area (Å²) >= 11 is 0. The van der Waals surface area contributed by atoms with Gasteiger partial charge in [-0.05, 0) is 30.7 Å². The molecule has 0 amide bonds. The molecule has 0 radical (unpaired) electrons. The largest absolute Gasteiger partial charge is 0.494 e. The Morgan fingerprint density at radius 2 is 1.94 bits per heavy atom. The minimum absolute atomic E-state index is 0.00159. The molecule has 0 aliphatic rings. The number of benzene rings is 1. The van der Waals surface area contributed by atoms with Gasteiger partial charge in [0.15, 0.2) is 9.84 Å². The lowest BCUT2D eigenvalue weighted by Gasteiger charge is -2.05. The molecule has 0 saturated heterocycles. The van der Waals surface area contributed by atoms with Crippen LogP contribution in [0.15, 0.2) is 24.3 Å². The normalized spacial score (nSPS) is 10.8. The number of ether oxygens (including phenoxy) is 1. The summed E-state index contributed by atoms with van der Waals surface area (Å²) in [6.45, 7) is 0.259. The predicted octanol–water partition coefficient (Wildman–Crippen LogP) is 1.64. The number of sulfone groups is 1. The van der Waals surface area contributed by atoms with E-state index >= 15 is 0 Å². The van der Waals surface area contributed by atoms with Gasteiger partial charge in [0.25, 0.3) is 0 Å². The van der Waals surface area contributed by atoms with Crippen LogP contribution in [0.1, 0.15) is 6.42 Å². The van der Waals surface area contributed by atoms with E-state index in [4.69, 9.17) is 11.2 Å². The topological polar surface area (TPSA) is 43.4 Å². The van der Waals surface area contributed by atoms with Gasteiger partial charge in [-0.3, -0.25) is 0 Å². The molecular weight excluding hydrogens is 243 g/mol. The van der Waals surface area contributed by atoms with E-state index in [-0.39, 0.29) is 23.9 Å². The van der Waals surface area contributed by atoms with Crippen LogP contribution in [0, 0.1) is 18.2 Å². The molecule has 0 aromatic heterocycles. The summed E-state index contributed by atoms with van der Waals surface area (Å²) in [6, 6.07) is 5.55. The van der Waals surface area contributed by atoms with Gasteiger partial charge in [0.2, 0.25) is 0 Å². The van der Waals surface area contributed by atoms with Gasteiger partial charge in [-0.15, -0.1) is 6.42 Å². The molecule has 1 aromatic carbocycles. The quantitative estimate of drug-likeness (QED) is 0.574. The molecular formula is C12H13FO3S. The van der Waals surface area contributed by atoms with Crippen LogP contribution in [-0.4, -0.2) is 26.5 Å². The highest BCUT2D eigenvalue weighted by atomic mass is 32.2. The fourth-order valence-electron chi connectivity index (χ4n) is 1.20. The Morgan fingerprint density at radius 1 is 1.29 bits per heavy atom. The predicted molar refractivity (Wildman–Crippen MR) is 64.0 cm³/mol. The van der Waals surface area contributed by atoms with Gasteiger partial charge in [0, 0.05) is 0 Å². The molecule has 1 aromatic rings. The molecule has 5 heteroatoms. The van der Waals surface area contributed by atoms with Crippen LogP contribution >= 0.6 is 0 Å². The SMILES string of the molecule is C#CCS(=O)(=O)CCCOc1ccc(F)cc1. The van der Waals surface area contributed by atoms with Crippen molar-refractivity contribution in [2.45, 2.75) is 6.42 Å².